The molecule has 1 amide bonds. The minimum atomic E-state index is -0.194. The summed E-state index contributed by atoms with van der Waals surface area (Å²) in [4.78, 5) is 21.1. The molecule has 1 aliphatic rings. The Morgan fingerprint density at radius 2 is 2.05 bits per heavy atom. The molecule has 1 fully saturated rings. The largest absolute Gasteiger partial charge is 0.367 e. The fraction of sp³-hybridized carbons (Fsp3) is 0.438. The number of carbonyl (C=O) groups is 1. The SMILES string of the molecule is CCC(C(=O)N1CCN(c2cccnc2)CC1)n1cccn1. The second-order valence-electron chi connectivity index (χ2n) is 5.43. The molecule has 0 aromatic carbocycles. The number of hydrogen-bond donors (Lipinski definition) is 0. The van der Waals surface area contributed by atoms with Gasteiger partial charge in [0.05, 0.1) is 11.9 Å². The van der Waals surface area contributed by atoms with Crippen LogP contribution >= 0.6 is 0 Å². The molecule has 0 N–H and O–H groups in total. The van der Waals surface area contributed by atoms with Gasteiger partial charge in [-0.3, -0.25) is 14.5 Å². The van der Waals surface area contributed by atoms with E-state index >= 15 is 0 Å². The summed E-state index contributed by atoms with van der Waals surface area (Å²) in [5.74, 6) is 0.164. The fourth-order valence-electron chi connectivity index (χ4n) is 2.88. The van der Waals surface area contributed by atoms with Gasteiger partial charge in [-0.15, -0.1) is 0 Å². The van der Waals surface area contributed by atoms with E-state index in [-0.39, 0.29) is 11.9 Å². The van der Waals surface area contributed by atoms with Crippen molar-refractivity contribution in [3.63, 3.8) is 0 Å². The predicted molar refractivity (Wildman–Crippen MR) is 84.6 cm³/mol. The number of hydrogen-bond acceptors (Lipinski definition) is 4. The zero-order valence-corrected chi connectivity index (χ0v) is 12.8. The molecule has 0 saturated carbocycles. The minimum absolute atomic E-state index is 0.164. The molecule has 116 valence electrons. The number of rotatable bonds is 4. The van der Waals surface area contributed by atoms with Gasteiger partial charge in [0.1, 0.15) is 6.04 Å². The summed E-state index contributed by atoms with van der Waals surface area (Å²) < 4.78 is 1.76. The first-order chi connectivity index (χ1) is 10.8. The van der Waals surface area contributed by atoms with Crippen LogP contribution in [0.1, 0.15) is 19.4 Å². The van der Waals surface area contributed by atoms with Crippen LogP contribution in [-0.4, -0.2) is 51.8 Å². The first-order valence-electron chi connectivity index (χ1n) is 7.72. The van der Waals surface area contributed by atoms with Crippen molar-refractivity contribution in [3.8, 4) is 0 Å². The van der Waals surface area contributed by atoms with Crippen LogP contribution in [0, 0.1) is 0 Å². The Kier molecular flexibility index (Phi) is 4.37. The number of amides is 1. The van der Waals surface area contributed by atoms with Gasteiger partial charge < -0.3 is 9.80 Å². The highest BCUT2D eigenvalue weighted by Crippen LogP contribution is 2.18. The van der Waals surface area contributed by atoms with Gasteiger partial charge in [-0.1, -0.05) is 6.92 Å². The van der Waals surface area contributed by atoms with E-state index in [0.717, 1.165) is 38.3 Å². The highest BCUT2D eigenvalue weighted by Gasteiger charge is 2.27. The van der Waals surface area contributed by atoms with E-state index in [1.165, 1.54) is 0 Å². The maximum atomic E-state index is 12.7. The van der Waals surface area contributed by atoms with E-state index in [1.807, 2.05) is 36.4 Å². The summed E-state index contributed by atoms with van der Waals surface area (Å²) in [6.45, 7) is 5.19. The highest BCUT2D eigenvalue weighted by molar-refractivity contribution is 5.80. The number of pyridine rings is 1. The van der Waals surface area contributed by atoms with E-state index in [9.17, 15) is 4.79 Å². The molecule has 2 aromatic heterocycles. The second kappa shape index (κ2) is 6.60. The van der Waals surface area contributed by atoms with Crippen molar-refractivity contribution in [2.24, 2.45) is 0 Å². The molecule has 0 spiro atoms. The summed E-state index contributed by atoms with van der Waals surface area (Å²) in [5.41, 5.74) is 1.12. The highest BCUT2D eigenvalue weighted by atomic mass is 16.2. The number of anilines is 1. The third-order valence-corrected chi connectivity index (χ3v) is 4.12. The van der Waals surface area contributed by atoms with Crippen LogP contribution in [0.15, 0.2) is 43.0 Å². The fourth-order valence-corrected chi connectivity index (χ4v) is 2.88. The molecule has 2 aromatic rings. The van der Waals surface area contributed by atoms with Crippen molar-refractivity contribution < 1.29 is 4.79 Å². The van der Waals surface area contributed by atoms with Crippen LogP contribution in [0.4, 0.5) is 5.69 Å². The van der Waals surface area contributed by atoms with Crippen LogP contribution in [0.3, 0.4) is 0 Å². The Labute approximate surface area is 130 Å². The Balaban J connectivity index is 1.62. The standard InChI is InChI=1S/C16H21N5O/c1-2-15(21-8-4-7-18-21)16(22)20-11-9-19(10-12-20)14-5-3-6-17-13-14/h3-8,13,15H,2,9-12H2,1H3. The Bertz CT molecular complexity index is 590. The number of aromatic nitrogens is 3. The van der Waals surface area contributed by atoms with Gasteiger partial charge in [-0.25, -0.2) is 0 Å². The van der Waals surface area contributed by atoms with E-state index in [0.29, 0.717) is 0 Å². The zero-order valence-electron chi connectivity index (χ0n) is 12.8. The minimum Gasteiger partial charge on any atom is -0.367 e. The second-order valence-corrected chi connectivity index (χ2v) is 5.43. The van der Waals surface area contributed by atoms with Gasteiger partial charge in [0.2, 0.25) is 5.91 Å². The van der Waals surface area contributed by atoms with Crippen LogP contribution < -0.4 is 4.90 Å². The summed E-state index contributed by atoms with van der Waals surface area (Å²) >= 11 is 0. The van der Waals surface area contributed by atoms with Crippen molar-refractivity contribution in [3.05, 3.63) is 43.0 Å². The molecule has 6 heteroatoms. The van der Waals surface area contributed by atoms with Crippen molar-refractivity contribution in [1.82, 2.24) is 19.7 Å². The van der Waals surface area contributed by atoms with Crippen molar-refractivity contribution in [2.75, 3.05) is 31.1 Å². The molecule has 0 aliphatic carbocycles. The molecule has 1 unspecified atom stereocenters. The van der Waals surface area contributed by atoms with Gasteiger partial charge in [0.25, 0.3) is 0 Å². The first kappa shape index (κ1) is 14.6. The average Bonchev–Trinajstić information content (AvgIpc) is 3.11. The van der Waals surface area contributed by atoms with Crippen LogP contribution in [0.5, 0.6) is 0 Å². The predicted octanol–water partition coefficient (Wildman–Crippen LogP) is 1.58. The lowest BCUT2D eigenvalue weighted by molar-refractivity contribution is -0.135. The Morgan fingerprint density at radius 1 is 1.23 bits per heavy atom. The maximum Gasteiger partial charge on any atom is 0.247 e. The Morgan fingerprint density at radius 3 is 2.64 bits per heavy atom. The molecule has 6 nitrogen and oxygen atoms in total. The lowest BCUT2D eigenvalue weighted by Crippen LogP contribution is -2.50. The lowest BCUT2D eigenvalue weighted by atomic mass is 10.1. The molecule has 0 bridgehead atoms. The van der Waals surface area contributed by atoms with E-state index < -0.39 is 0 Å². The molecular weight excluding hydrogens is 278 g/mol. The van der Waals surface area contributed by atoms with E-state index in [1.54, 1.807) is 17.1 Å². The van der Waals surface area contributed by atoms with Crippen LogP contribution in [0.2, 0.25) is 0 Å². The van der Waals surface area contributed by atoms with Crippen LogP contribution in [0.25, 0.3) is 0 Å². The molecular formula is C16H21N5O. The molecule has 22 heavy (non-hydrogen) atoms. The molecule has 1 saturated heterocycles. The Hall–Kier alpha value is -2.37. The summed E-state index contributed by atoms with van der Waals surface area (Å²) in [6, 6.07) is 5.66. The van der Waals surface area contributed by atoms with Crippen molar-refractivity contribution in [2.45, 2.75) is 19.4 Å². The van der Waals surface area contributed by atoms with E-state index in [2.05, 4.69) is 21.0 Å². The summed E-state index contributed by atoms with van der Waals surface area (Å²) in [6.07, 6.45) is 7.98. The van der Waals surface area contributed by atoms with Gasteiger partial charge >= 0.3 is 0 Å². The topological polar surface area (TPSA) is 54.3 Å². The third kappa shape index (κ3) is 2.95. The summed E-state index contributed by atoms with van der Waals surface area (Å²) in [7, 11) is 0. The first-order valence-corrected chi connectivity index (χ1v) is 7.72. The van der Waals surface area contributed by atoms with Crippen LogP contribution in [-0.2, 0) is 4.79 Å². The van der Waals surface area contributed by atoms with Gasteiger partial charge in [0, 0.05) is 44.8 Å². The molecule has 1 atom stereocenters. The number of nitrogens with zero attached hydrogens (tertiary/aromatic N) is 5. The average molecular weight is 299 g/mol. The van der Waals surface area contributed by atoms with Gasteiger partial charge in [-0.05, 0) is 24.6 Å². The lowest BCUT2D eigenvalue weighted by Gasteiger charge is -2.37. The molecule has 3 heterocycles. The normalized spacial score (nSPS) is 16.6. The summed E-state index contributed by atoms with van der Waals surface area (Å²) in [5, 5.41) is 4.22. The molecule has 0 radical (unpaired) electrons. The van der Waals surface area contributed by atoms with Crippen molar-refractivity contribution >= 4 is 11.6 Å². The number of carbonyl (C=O) groups excluding carboxylic acids is 1. The quantitative estimate of drug-likeness (QED) is 0.860. The molecule has 1 aliphatic heterocycles. The third-order valence-electron chi connectivity index (χ3n) is 4.12. The van der Waals surface area contributed by atoms with Gasteiger partial charge in [-0.2, -0.15) is 5.10 Å². The number of piperazine rings is 1. The molecule has 3 rings (SSSR count). The smallest absolute Gasteiger partial charge is 0.247 e. The monoisotopic (exact) mass is 299 g/mol. The van der Waals surface area contributed by atoms with E-state index in [4.69, 9.17) is 0 Å². The zero-order chi connectivity index (χ0) is 15.4. The maximum absolute atomic E-state index is 12.7. The van der Waals surface area contributed by atoms with Gasteiger partial charge in [0.15, 0.2) is 0 Å². The van der Waals surface area contributed by atoms with Crippen molar-refractivity contribution in [1.29, 1.82) is 0 Å².